The summed E-state index contributed by atoms with van der Waals surface area (Å²) >= 11 is 1.37. The van der Waals surface area contributed by atoms with Gasteiger partial charge in [0.25, 0.3) is 0 Å². The van der Waals surface area contributed by atoms with E-state index in [9.17, 15) is 9.59 Å². The molecule has 0 bridgehead atoms. The molecule has 7 heteroatoms. The molecule has 2 N–H and O–H groups in total. The molecule has 96 valence electrons. The zero-order valence-electron chi connectivity index (χ0n) is 10.1. The summed E-state index contributed by atoms with van der Waals surface area (Å²) in [5, 5.41) is 4.11. The van der Waals surface area contributed by atoms with Crippen LogP contribution in [0.5, 0.6) is 0 Å². The Morgan fingerprint density at radius 1 is 1.28 bits per heavy atom. The number of hydrazine groups is 1. The van der Waals surface area contributed by atoms with Crippen LogP contribution in [-0.4, -0.2) is 35.9 Å². The van der Waals surface area contributed by atoms with E-state index in [1.165, 1.54) is 16.8 Å². The number of para-hydroxylation sites is 1. The zero-order valence-corrected chi connectivity index (χ0v) is 10.9. The van der Waals surface area contributed by atoms with Crippen molar-refractivity contribution in [3.8, 4) is 0 Å². The summed E-state index contributed by atoms with van der Waals surface area (Å²) in [5.41, 5.74) is 2.92. The molecular formula is C11H14N4O2S. The lowest BCUT2D eigenvalue weighted by Gasteiger charge is -2.39. The van der Waals surface area contributed by atoms with Crippen LogP contribution in [0.4, 0.5) is 15.3 Å². The number of hydrogen-bond donors (Lipinski definition) is 2. The third-order valence-electron chi connectivity index (χ3n) is 2.56. The van der Waals surface area contributed by atoms with Gasteiger partial charge < -0.3 is 5.32 Å². The molecule has 2 rings (SSSR count). The summed E-state index contributed by atoms with van der Waals surface area (Å²) in [6.45, 7) is 0. The molecule has 0 saturated carbocycles. The molecule has 0 spiro atoms. The molecule has 1 aliphatic rings. The number of rotatable bonds is 3. The Balaban J connectivity index is 2.32. The lowest BCUT2D eigenvalue weighted by molar-refractivity contribution is 0.156. The van der Waals surface area contributed by atoms with Crippen molar-refractivity contribution >= 4 is 29.5 Å². The number of nitrogens with one attached hydrogen (secondary N) is 2. The first-order chi connectivity index (χ1) is 8.69. The van der Waals surface area contributed by atoms with Crippen molar-refractivity contribution in [1.82, 2.24) is 15.8 Å². The van der Waals surface area contributed by atoms with Crippen LogP contribution in [0.1, 0.15) is 0 Å². The Morgan fingerprint density at radius 3 is 2.50 bits per heavy atom. The molecule has 1 fully saturated rings. The number of urea groups is 2. The Labute approximate surface area is 109 Å². The number of anilines is 1. The fraction of sp³-hybridized carbons (Fsp3) is 0.273. The van der Waals surface area contributed by atoms with Crippen LogP contribution in [0.25, 0.3) is 0 Å². The second-order valence-corrected chi connectivity index (χ2v) is 4.50. The van der Waals surface area contributed by atoms with Crippen molar-refractivity contribution in [2.75, 3.05) is 18.2 Å². The summed E-state index contributed by atoms with van der Waals surface area (Å²) in [6.07, 6.45) is 1.82. The lowest BCUT2D eigenvalue weighted by Crippen LogP contribution is -2.67. The van der Waals surface area contributed by atoms with E-state index in [2.05, 4.69) is 10.7 Å². The predicted octanol–water partition coefficient (Wildman–Crippen LogP) is 1.42. The molecular weight excluding hydrogens is 252 g/mol. The number of amides is 4. The van der Waals surface area contributed by atoms with Crippen molar-refractivity contribution in [2.24, 2.45) is 0 Å². The Hall–Kier alpha value is -1.73. The second kappa shape index (κ2) is 5.28. The van der Waals surface area contributed by atoms with Gasteiger partial charge in [-0.3, -0.25) is 0 Å². The highest BCUT2D eigenvalue weighted by molar-refractivity contribution is 7.99. The van der Waals surface area contributed by atoms with Crippen LogP contribution in [0.2, 0.25) is 0 Å². The highest BCUT2D eigenvalue weighted by Crippen LogP contribution is 2.21. The second-order valence-electron chi connectivity index (χ2n) is 3.58. The van der Waals surface area contributed by atoms with Gasteiger partial charge in [0.15, 0.2) is 5.50 Å². The highest BCUT2D eigenvalue weighted by atomic mass is 32.2. The molecule has 1 unspecified atom stereocenters. The maximum atomic E-state index is 12.3. The Bertz CT molecular complexity index is 454. The van der Waals surface area contributed by atoms with Crippen LogP contribution < -0.4 is 15.6 Å². The standard InChI is InChI=1S/C11H14N4O2S/c1-12-15-10(18-2)13-9(16)14(11(15)17)8-6-4-3-5-7-8/h3-7,10,12H,1-2H3,(H,13,16). The fourth-order valence-electron chi connectivity index (χ4n) is 1.71. The fourth-order valence-corrected chi connectivity index (χ4v) is 2.34. The van der Waals surface area contributed by atoms with Gasteiger partial charge in [-0.15, -0.1) is 11.8 Å². The van der Waals surface area contributed by atoms with Gasteiger partial charge in [-0.25, -0.2) is 24.9 Å². The van der Waals surface area contributed by atoms with E-state index >= 15 is 0 Å². The smallest absolute Gasteiger partial charge is 0.307 e. The molecule has 1 aromatic carbocycles. The van der Waals surface area contributed by atoms with Crippen LogP contribution in [0.15, 0.2) is 30.3 Å². The molecule has 6 nitrogen and oxygen atoms in total. The largest absolute Gasteiger partial charge is 0.349 e. The molecule has 1 aromatic rings. The van der Waals surface area contributed by atoms with Crippen LogP contribution in [0, 0.1) is 0 Å². The van der Waals surface area contributed by atoms with E-state index in [-0.39, 0.29) is 0 Å². The number of imide groups is 1. The number of nitrogens with zero attached hydrogens (tertiary/aromatic N) is 2. The normalized spacial score (nSPS) is 20.0. The average molecular weight is 266 g/mol. The van der Waals surface area contributed by atoms with E-state index in [4.69, 9.17) is 0 Å². The van der Waals surface area contributed by atoms with Crippen LogP contribution >= 0.6 is 11.8 Å². The molecule has 4 amide bonds. The van der Waals surface area contributed by atoms with Crippen molar-refractivity contribution in [2.45, 2.75) is 5.50 Å². The highest BCUT2D eigenvalue weighted by Gasteiger charge is 2.38. The number of benzene rings is 1. The van der Waals surface area contributed by atoms with E-state index in [1.807, 2.05) is 12.3 Å². The lowest BCUT2D eigenvalue weighted by atomic mass is 10.3. The number of hydrogen-bond acceptors (Lipinski definition) is 4. The quantitative estimate of drug-likeness (QED) is 0.868. The van der Waals surface area contributed by atoms with E-state index in [1.54, 1.807) is 31.3 Å². The summed E-state index contributed by atoms with van der Waals surface area (Å²) in [7, 11) is 1.64. The van der Waals surface area contributed by atoms with Gasteiger partial charge in [-0.05, 0) is 18.4 Å². The van der Waals surface area contributed by atoms with Gasteiger partial charge >= 0.3 is 12.1 Å². The maximum absolute atomic E-state index is 12.3. The zero-order chi connectivity index (χ0) is 13.1. The summed E-state index contributed by atoms with van der Waals surface area (Å²) < 4.78 is 0. The molecule has 1 atom stereocenters. The summed E-state index contributed by atoms with van der Waals surface area (Å²) in [5.74, 6) is 0. The molecule has 18 heavy (non-hydrogen) atoms. The SMILES string of the molecule is CNN1C(=O)N(c2ccccc2)C(=O)NC1SC. The van der Waals surface area contributed by atoms with E-state index in [0.717, 1.165) is 4.90 Å². The minimum absolute atomic E-state index is 0.396. The number of carbonyl (C=O) groups excluding carboxylic acids is 2. The summed E-state index contributed by atoms with van der Waals surface area (Å²) in [4.78, 5) is 25.3. The van der Waals surface area contributed by atoms with Crippen LogP contribution in [0.3, 0.4) is 0 Å². The molecule has 1 aliphatic heterocycles. The van der Waals surface area contributed by atoms with Crippen molar-refractivity contribution < 1.29 is 9.59 Å². The van der Waals surface area contributed by atoms with E-state index in [0.29, 0.717) is 5.69 Å². The van der Waals surface area contributed by atoms with Crippen molar-refractivity contribution in [3.63, 3.8) is 0 Å². The van der Waals surface area contributed by atoms with Gasteiger partial charge in [-0.1, -0.05) is 18.2 Å². The van der Waals surface area contributed by atoms with Gasteiger partial charge in [0.05, 0.1) is 5.69 Å². The number of carbonyl (C=O) groups is 2. The molecule has 0 aliphatic carbocycles. The van der Waals surface area contributed by atoms with Crippen molar-refractivity contribution in [3.05, 3.63) is 30.3 Å². The first-order valence-corrected chi connectivity index (χ1v) is 6.67. The third kappa shape index (κ3) is 2.14. The number of thioether (sulfide) groups is 1. The van der Waals surface area contributed by atoms with Gasteiger partial charge in [-0.2, -0.15) is 0 Å². The molecule has 1 saturated heterocycles. The third-order valence-corrected chi connectivity index (χ3v) is 3.34. The van der Waals surface area contributed by atoms with E-state index < -0.39 is 17.6 Å². The minimum atomic E-state index is -0.419. The Morgan fingerprint density at radius 2 is 1.94 bits per heavy atom. The van der Waals surface area contributed by atoms with Gasteiger partial charge in [0.2, 0.25) is 0 Å². The topological polar surface area (TPSA) is 64.7 Å². The maximum Gasteiger partial charge on any atom is 0.349 e. The molecule has 1 heterocycles. The molecule has 0 radical (unpaired) electrons. The van der Waals surface area contributed by atoms with Crippen LogP contribution in [-0.2, 0) is 0 Å². The van der Waals surface area contributed by atoms with Gasteiger partial charge in [0, 0.05) is 7.05 Å². The average Bonchev–Trinajstić information content (AvgIpc) is 2.39. The monoisotopic (exact) mass is 266 g/mol. The van der Waals surface area contributed by atoms with Gasteiger partial charge in [0.1, 0.15) is 0 Å². The van der Waals surface area contributed by atoms with Crippen molar-refractivity contribution in [1.29, 1.82) is 0 Å². The summed E-state index contributed by atoms with van der Waals surface area (Å²) in [6, 6.07) is 8.00. The minimum Gasteiger partial charge on any atom is -0.307 e. The predicted molar refractivity (Wildman–Crippen MR) is 71.1 cm³/mol. The Kier molecular flexibility index (Phi) is 3.73. The molecule has 0 aromatic heterocycles. The first-order valence-electron chi connectivity index (χ1n) is 5.38. The first kappa shape index (κ1) is 12.7.